The first-order valence-electron chi connectivity index (χ1n) is 11.0. The number of amides is 2. The molecule has 0 aromatic heterocycles. The van der Waals surface area contributed by atoms with Crippen LogP contribution in [0.25, 0.3) is 0 Å². The summed E-state index contributed by atoms with van der Waals surface area (Å²) in [5.41, 5.74) is 0.230. The molecule has 1 N–H and O–H groups in total. The van der Waals surface area contributed by atoms with Crippen molar-refractivity contribution >= 4 is 23.4 Å². The molecule has 1 spiro atoms. The van der Waals surface area contributed by atoms with E-state index in [0.29, 0.717) is 32.5 Å². The zero-order valence-electron chi connectivity index (χ0n) is 18.0. The van der Waals surface area contributed by atoms with Gasteiger partial charge < -0.3 is 10.2 Å². The average molecular weight is 459 g/mol. The average Bonchev–Trinajstić information content (AvgIpc) is 2.71. The van der Waals surface area contributed by atoms with Crippen LogP contribution >= 0.6 is 11.6 Å². The van der Waals surface area contributed by atoms with Gasteiger partial charge in [0.25, 0.3) is 0 Å². The van der Waals surface area contributed by atoms with Crippen molar-refractivity contribution in [3.63, 3.8) is 0 Å². The molecule has 31 heavy (non-hydrogen) atoms. The number of likely N-dealkylation sites (tertiary alicyclic amines) is 1. The van der Waals surface area contributed by atoms with Gasteiger partial charge in [-0.1, -0.05) is 31.5 Å². The molecule has 1 aliphatic carbocycles. The van der Waals surface area contributed by atoms with E-state index >= 15 is 0 Å². The Hall–Kier alpha value is -1.76. The van der Waals surface area contributed by atoms with Crippen molar-refractivity contribution in [2.24, 2.45) is 11.3 Å². The fraction of sp³-hybridized carbons (Fsp3) is 0.652. The Bertz CT molecular complexity index is 812. The highest BCUT2D eigenvalue weighted by Crippen LogP contribution is 2.57. The minimum absolute atomic E-state index is 0.0484. The van der Waals surface area contributed by atoms with Gasteiger partial charge in [0.05, 0.1) is 16.5 Å². The van der Waals surface area contributed by atoms with Gasteiger partial charge in [-0.15, -0.1) is 0 Å². The van der Waals surface area contributed by atoms with E-state index in [9.17, 15) is 22.8 Å². The molecule has 2 amide bonds. The molecule has 1 atom stereocenters. The highest BCUT2D eigenvalue weighted by molar-refractivity contribution is 6.31. The summed E-state index contributed by atoms with van der Waals surface area (Å²) in [5.74, 6) is 0.0644. The SMILES string of the molecule is CCC(=O)NCC(CC)C(=O)N1CCC2(CC1)CC(c1ccc(C(F)(F)F)c(Cl)c1)C2. The van der Waals surface area contributed by atoms with Crippen LogP contribution < -0.4 is 5.32 Å². The number of carbonyl (C=O) groups is 2. The smallest absolute Gasteiger partial charge is 0.355 e. The van der Waals surface area contributed by atoms with E-state index in [1.807, 2.05) is 11.8 Å². The third kappa shape index (κ3) is 5.36. The maximum absolute atomic E-state index is 12.9. The quantitative estimate of drug-likeness (QED) is 0.620. The van der Waals surface area contributed by atoms with Crippen LogP contribution in [-0.2, 0) is 15.8 Å². The molecular formula is C23H30ClF3N2O2. The molecule has 1 unspecified atom stereocenters. The fourth-order valence-electron chi connectivity index (χ4n) is 4.87. The molecule has 1 saturated heterocycles. The predicted octanol–water partition coefficient (Wildman–Crippen LogP) is 5.40. The second-order valence-electron chi connectivity index (χ2n) is 8.93. The molecule has 1 aromatic rings. The van der Waals surface area contributed by atoms with Gasteiger partial charge in [-0.05, 0) is 61.1 Å². The predicted molar refractivity (Wildman–Crippen MR) is 114 cm³/mol. The summed E-state index contributed by atoms with van der Waals surface area (Å²) in [4.78, 5) is 26.3. The van der Waals surface area contributed by atoms with Crippen molar-refractivity contribution in [3.05, 3.63) is 34.3 Å². The van der Waals surface area contributed by atoms with E-state index in [2.05, 4.69) is 5.32 Å². The van der Waals surface area contributed by atoms with Gasteiger partial charge in [0, 0.05) is 26.1 Å². The number of alkyl halides is 3. The van der Waals surface area contributed by atoms with Gasteiger partial charge in [0.15, 0.2) is 0 Å². The summed E-state index contributed by atoms with van der Waals surface area (Å²) in [6.07, 6.45) is 0.290. The number of rotatable bonds is 6. The van der Waals surface area contributed by atoms with Crippen LogP contribution in [-0.4, -0.2) is 36.3 Å². The molecule has 4 nitrogen and oxygen atoms in total. The van der Waals surface area contributed by atoms with Crippen LogP contribution in [0, 0.1) is 11.3 Å². The van der Waals surface area contributed by atoms with E-state index in [-0.39, 0.29) is 34.1 Å². The molecule has 172 valence electrons. The van der Waals surface area contributed by atoms with Crippen molar-refractivity contribution in [2.45, 2.75) is 64.5 Å². The van der Waals surface area contributed by atoms with Crippen LogP contribution in [0.4, 0.5) is 13.2 Å². The van der Waals surface area contributed by atoms with E-state index in [0.717, 1.165) is 37.3 Å². The minimum Gasteiger partial charge on any atom is -0.355 e. The molecule has 1 aromatic carbocycles. The van der Waals surface area contributed by atoms with E-state index in [1.54, 1.807) is 13.0 Å². The first kappa shape index (κ1) is 23.9. The van der Waals surface area contributed by atoms with E-state index in [1.165, 1.54) is 6.07 Å². The number of hydrogen-bond donors (Lipinski definition) is 1. The lowest BCUT2D eigenvalue weighted by molar-refractivity contribution is -0.139. The number of hydrogen-bond acceptors (Lipinski definition) is 2. The maximum Gasteiger partial charge on any atom is 0.417 e. The van der Waals surface area contributed by atoms with Crippen LogP contribution in [0.5, 0.6) is 0 Å². The Balaban J connectivity index is 1.52. The second-order valence-corrected chi connectivity index (χ2v) is 9.34. The molecular weight excluding hydrogens is 429 g/mol. The van der Waals surface area contributed by atoms with Gasteiger partial charge in [0.1, 0.15) is 0 Å². The first-order chi connectivity index (χ1) is 14.6. The van der Waals surface area contributed by atoms with Crippen LogP contribution in [0.15, 0.2) is 18.2 Å². The van der Waals surface area contributed by atoms with Gasteiger partial charge >= 0.3 is 6.18 Å². The summed E-state index contributed by atoms with van der Waals surface area (Å²) in [5, 5.41) is 2.57. The molecule has 1 saturated carbocycles. The zero-order chi connectivity index (χ0) is 22.8. The van der Waals surface area contributed by atoms with Gasteiger partial charge in [-0.25, -0.2) is 0 Å². The molecule has 8 heteroatoms. The van der Waals surface area contributed by atoms with Crippen molar-refractivity contribution in [1.29, 1.82) is 0 Å². The summed E-state index contributed by atoms with van der Waals surface area (Å²) in [6, 6.07) is 4.07. The van der Waals surface area contributed by atoms with Crippen molar-refractivity contribution in [2.75, 3.05) is 19.6 Å². The third-order valence-electron chi connectivity index (χ3n) is 6.97. The lowest BCUT2D eigenvalue weighted by atomic mass is 9.56. The van der Waals surface area contributed by atoms with Crippen molar-refractivity contribution < 1.29 is 22.8 Å². The summed E-state index contributed by atoms with van der Waals surface area (Å²) < 4.78 is 38.7. The van der Waals surface area contributed by atoms with Crippen molar-refractivity contribution in [3.8, 4) is 0 Å². The highest BCUT2D eigenvalue weighted by Gasteiger charge is 2.47. The summed E-state index contributed by atoms with van der Waals surface area (Å²) >= 11 is 5.88. The Morgan fingerprint density at radius 2 is 1.87 bits per heavy atom. The molecule has 3 rings (SSSR count). The normalized spacial score (nSPS) is 19.7. The lowest BCUT2D eigenvalue weighted by Gasteiger charge is -2.53. The standard InChI is InChI=1S/C23H30ClF3N2O2/c1-3-15(14-28-20(30)4-2)21(31)29-9-7-22(8-10-29)12-17(13-22)16-5-6-18(19(24)11-16)23(25,26)27/h5-6,11,15,17H,3-4,7-10,12-14H2,1-2H3,(H,28,30). The van der Waals surface area contributed by atoms with Crippen molar-refractivity contribution in [1.82, 2.24) is 10.2 Å². The molecule has 1 aliphatic heterocycles. The number of benzene rings is 1. The number of halogens is 4. The Morgan fingerprint density at radius 3 is 2.39 bits per heavy atom. The van der Waals surface area contributed by atoms with Gasteiger partial charge in [0.2, 0.25) is 11.8 Å². The van der Waals surface area contributed by atoms with E-state index < -0.39 is 11.7 Å². The fourth-order valence-corrected chi connectivity index (χ4v) is 5.17. The number of carbonyl (C=O) groups excluding carboxylic acids is 2. The minimum atomic E-state index is -4.44. The summed E-state index contributed by atoms with van der Waals surface area (Å²) in [7, 11) is 0. The highest BCUT2D eigenvalue weighted by atomic mass is 35.5. The Labute approximate surface area is 186 Å². The summed E-state index contributed by atoms with van der Waals surface area (Å²) in [6.45, 7) is 5.50. The second kappa shape index (κ2) is 9.39. The van der Waals surface area contributed by atoms with Gasteiger partial charge in [-0.3, -0.25) is 9.59 Å². The van der Waals surface area contributed by atoms with Crippen LogP contribution in [0.3, 0.4) is 0 Å². The Kier molecular flexibility index (Phi) is 7.24. The molecule has 1 heterocycles. The molecule has 0 radical (unpaired) electrons. The van der Waals surface area contributed by atoms with Crippen LogP contribution in [0.1, 0.15) is 69.4 Å². The third-order valence-corrected chi connectivity index (χ3v) is 7.29. The van der Waals surface area contributed by atoms with Crippen LogP contribution in [0.2, 0.25) is 5.02 Å². The molecule has 2 aliphatic rings. The lowest BCUT2D eigenvalue weighted by Crippen LogP contribution is -2.50. The Morgan fingerprint density at radius 1 is 1.23 bits per heavy atom. The monoisotopic (exact) mass is 458 g/mol. The largest absolute Gasteiger partial charge is 0.417 e. The topological polar surface area (TPSA) is 49.4 Å². The number of nitrogens with one attached hydrogen (secondary N) is 1. The van der Waals surface area contributed by atoms with E-state index in [4.69, 9.17) is 11.6 Å². The van der Waals surface area contributed by atoms with Gasteiger partial charge in [-0.2, -0.15) is 13.2 Å². The molecule has 2 fully saturated rings. The zero-order valence-corrected chi connectivity index (χ0v) is 18.8. The number of nitrogens with zero attached hydrogens (tertiary/aromatic N) is 1. The molecule has 0 bridgehead atoms. The first-order valence-corrected chi connectivity index (χ1v) is 11.4. The number of piperidine rings is 1. The maximum atomic E-state index is 12.9.